The quantitative estimate of drug-likeness (QED) is 0.417. The zero-order valence-corrected chi connectivity index (χ0v) is 15.7. The highest BCUT2D eigenvalue weighted by Crippen LogP contribution is 2.20. The van der Waals surface area contributed by atoms with E-state index in [0.29, 0.717) is 5.56 Å². The van der Waals surface area contributed by atoms with Gasteiger partial charge >= 0.3 is 5.97 Å². The van der Waals surface area contributed by atoms with Gasteiger partial charge in [0.05, 0.1) is 28.5 Å². The summed E-state index contributed by atoms with van der Waals surface area (Å²) in [5, 5.41) is 18.8. The van der Waals surface area contributed by atoms with Gasteiger partial charge < -0.3 is 10.1 Å². The summed E-state index contributed by atoms with van der Waals surface area (Å²) in [4.78, 5) is 34.4. The number of hydrogen-bond acceptors (Lipinski definition) is 7. The molecule has 28 heavy (non-hydrogen) atoms. The van der Waals surface area contributed by atoms with Crippen molar-refractivity contribution in [2.45, 2.75) is 17.9 Å². The molecule has 11 heteroatoms. The van der Waals surface area contributed by atoms with Crippen LogP contribution in [0, 0.1) is 10.1 Å². The number of nitro groups is 1. The number of benzene rings is 2. The highest BCUT2D eigenvalue weighted by molar-refractivity contribution is 7.89. The van der Waals surface area contributed by atoms with E-state index in [4.69, 9.17) is 5.14 Å². The van der Waals surface area contributed by atoms with Crippen LogP contribution in [0.5, 0.6) is 0 Å². The molecule has 3 N–H and O–H groups in total. The number of hydrogen-bond donors (Lipinski definition) is 2. The molecule has 0 radical (unpaired) electrons. The Morgan fingerprint density at radius 3 is 2.39 bits per heavy atom. The van der Waals surface area contributed by atoms with E-state index in [9.17, 15) is 28.1 Å². The highest BCUT2D eigenvalue weighted by Gasteiger charge is 2.20. The van der Waals surface area contributed by atoms with E-state index in [1.165, 1.54) is 24.3 Å². The zero-order chi connectivity index (χ0) is 21.1. The summed E-state index contributed by atoms with van der Waals surface area (Å²) in [5.74, 6) is -1.52. The summed E-state index contributed by atoms with van der Waals surface area (Å²) >= 11 is 0. The predicted octanol–water partition coefficient (Wildman–Crippen LogP) is 1.52. The lowest BCUT2D eigenvalue weighted by atomic mass is 10.1. The molecule has 0 aromatic heterocycles. The van der Waals surface area contributed by atoms with Crippen molar-refractivity contribution in [3.05, 3.63) is 69.3 Å². The molecule has 2 rings (SSSR count). The molecule has 0 aliphatic heterocycles. The van der Waals surface area contributed by atoms with Crippen LogP contribution >= 0.6 is 0 Å². The maximum Gasteiger partial charge on any atom is 0.338 e. The van der Waals surface area contributed by atoms with Crippen molar-refractivity contribution >= 4 is 27.6 Å². The number of methoxy groups -OCH3 is 1. The standard InChI is InChI=1S/C17H17N3O7S/c1-10(11-4-3-5-15(9-11)28(18,25)26)19-16(21)12-6-13(17(22)27-2)8-14(7-12)20(23)24/h3-10H,1-2H3,(H,19,21)(H2,18,25,26). The molecule has 1 unspecified atom stereocenters. The molecule has 0 fully saturated rings. The molecule has 1 amide bonds. The monoisotopic (exact) mass is 407 g/mol. The lowest BCUT2D eigenvalue weighted by Gasteiger charge is -2.15. The molecule has 0 saturated carbocycles. The van der Waals surface area contributed by atoms with Gasteiger partial charge in [-0.3, -0.25) is 14.9 Å². The number of rotatable bonds is 6. The lowest BCUT2D eigenvalue weighted by Crippen LogP contribution is -2.27. The van der Waals surface area contributed by atoms with Crippen LogP contribution in [0.2, 0.25) is 0 Å². The Balaban J connectivity index is 2.33. The molecule has 0 aliphatic rings. The maximum atomic E-state index is 12.5. The van der Waals surface area contributed by atoms with Crippen LogP contribution in [0.25, 0.3) is 0 Å². The molecule has 0 aliphatic carbocycles. The molecule has 0 saturated heterocycles. The summed E-state index contributed by atoms with van der Waals surface area (Å²) in [6, 6.07) is 8.24. The summed E-state index contributed by atoms with van der Waals surface area (Å²) in [6.45, 7) is 1.60. The molecule has 2 aromatic rings. The van der Waals surface area contributed by atoms with Crippen molar-refractivity contribution in [1.29, 1.82) is 0 Å². The van der Waals surface area contributed by atoms with E-state index >= 15 is 0 Å². The number of non-ortho nitro benzene ring substituents is 1. The number of sulfonamides is 1. The average molecular weight is 407 g/mol. The number of ether oxygens (including phenoxy) is 1. The van der Waals surface area contributed by atoms with Crippen molar-refractivity contribution in [2.24, 2.45) is 5.14 Å². The number of nitrogens with one attached hydrogen (secondary N) is 1. The van der Waals surface area contributed by atoms with E-state index in [2.05, 4.69) is 10.1 Å². The SMILES string of the molecule is COC(=O)c1cc(C(=O)NC(C)c2cccc(S(N)(=O)=O)c2)cc([N+](=O)[O-])c1. The molecule has 0 spiro atoms. The normalized spacial score (nSPS) is 12.1. The van der Waals surface area contributed by atoms with Crippen LogP contribution in [0.3, 0.4) is 0 Å². The Labute approximate surface area is 160 Å². The fourth-order valence-electron chi connectivity index (χ4n) is 2.41. The van der Waals surface area contributed by atoms with Crippen LogP contribution in [-0.2, 0) is 14.8 Å². The van der Waals surface area contributed by atoms with Gasteiger partial charge in [-0.15, -0.1) is 0 Å². The minimum absolute atomic E-state index is 0.116. The number of primary sulfonamides is 1. The van der Waals surface area contributed by atoms with Crippen molar-refractivity contribution in [1.82, 2.24) is 5.32 Å². The van der Waals surface area contributed by atoms with E-state index in [1.54, 1.807) is 13.0 Å². The number of nitrogens with two attached hydrogens (primary N) is 1. The number of carbonyl (C=O) groups is 2. The Morgan fingerprint density at radius 1 is 1.18 bits per heavy atom. The maximum absolute atomic E-state index is 12.5. The van der Waals surface area contributed by atoms with E-state index in [0.717, 1.165) is 19.2 Å². The second kappa shape index (κ2) is 8.15. The molecule has 10 nitrogen and oxygen atoms in total. The topological polar surface area (TPSA) is 159 Å². The van der Waals surface area contributed by atoms with Gasteiger partial charge in [-0.1, -0.05) is 12.1 Å². The first kappa shape index (κ1) is 21.0. The van der Waals surface area contributed by atoms with E-state index in [-0.39, 0.29) is 16.0 Å². The Bertz CT molecular complexity index is 1050. The predicted molar refractivity (Wildman–Crippen MR) is 98.1 cm³/mol. The van der Waals surface area contributed by atoms with Gasteiger partial charge in [-0.2, -0.15) is 0 Å². The van der Waals surface area contributed by atoms with Crippen molar-refractivity contribution in [3.8, 4) is 0 Å². The first-order valence-electron chi connectivity index (χ1n) is 7.84. The summed E-state index contributed by atoms with van der Waals surface area (Å²) in [7, 11) is -2.80. The number of carbonyl (C=O) groups excluding carboxylic acids is 2. The average Bonchev–Trinajstić information content (AvgIpc) is 2.66. The summed E-state index contributed by atoms with van der Waals surface area (Å²) in [6.07, 6.45) is 0. The van der Waals surface area contributed by atoms with Gasteiger partial charge in [0.1, 0.15) is 0 Å². The fourth-order valence-corrected chi connectivity index (χ4v) is 2.98. The minimum Gasteiger partial charge on any atom is -0.465 e. The second-order valence-corrected chi connectivity index (χ2v) is 7.39. The molecular formula is C17H17N3O7S. The van der Waals surface area contributed by atoms with E-state index in [1.807, 2.05) is 0 Å². The van der Waals surface area contributed by atoms with Crippen LogP contribution in [-0.4, -0.2) is 32.3 Å². The second-order valence-electron chi connectivity index (χ2n) is 5.83. The molecular weight excluding hydrogens is 390 g/mol. The smallest absolute Gasteiger partial charge is 0.338 e. The zero-order valence-electron chi connectivity index (χ0n) is 14.9. The first-order valence-corrected chi connectivity index (χ1v) is 9.39. The van der Waals surface area contributed by atoms with Gasteiger partial charge in [-0.05, 0) is 30.7 Å². The number of amides is 1. The van der Waals surface area contributed by atoms with Crippen molar-refractivity contribution in [2.75, 3.05) is 7.11 Å². The first-order chi connectivity index (χ1) is 13.0. The highest BCUT2D eigenvalue weighted by atomic mass is 32.2. The van der Waals surface area contributed by atoms with Crippen LogP contribution in [0.15, 0.2) is 47.4 Å². The Morgan fingerprint density at radius 2 is 1.82 bits per heavy atom. The van der Waals surface area contributed by atoms with Crippen molar-refractivity contribution in [3.63, 3.8) is 0 Å². The molecule has 2 aromatic carbocycles. The van der Waals surface area contributed by atoms with Gasteiger partial charge in [0.25, 0.3) is 11.6 Å². The number of nitro benzene ring substituents is 1. The van der Waals surface area contributed by atoms with Gasteiger partial charge in [0, 0.05) is 17.7 Å². The molecule has 0 heterocycles. The summed E-state index contributed by atoms with van der Waals surface area (Å²) in [5.41, 5.74) is -0.259. The number of esters is 1. The molecule has 148 valence electrons. The molecule has 0 bridgehead atoms. The van der Waals surface area contributed by atoms with E-state index < -0.39 is 38.6 Å². The van der Waals surface area contributed by atoms with Crippen LogP contribution < -0.4 is 10.5 Å². The van der Waals surface area contributed by atoms with Gasteiger partial charge in [0.15, 0.2) is 0 Å². The number of nitrogens with zero attached hydrogens (tertiary/aromatic N) is 1. The third-order valence-electron chi connectivity index (χ3n) is 3.85. The fraction of sp³-hybridized carbons (Fsp3) is 0.176. The largest absolute Gasteiger partial charge is 0.465 e. The summed E-state index contributed by atoms with van der Waals surface area (Å²) < 4.78 is 27.5. The van der Waals surface area contributed by atoms with Crippen molar-refractivity contribution < 1.29 is 27.7 Å². The van der Waals surface area contributed by atoms with Gasteiger partial charge in [0.2, 0.25) is 10.0 Å². The van der Waals surface area contributed by atoms with Crippen LogP contribution in [0.4, 0.5) is 5.69 Å². The Hall–Kier alpha value is -3.31. The third kappa shape index (κ3) is 4.90. The minimum atomic E-state index is -3.91. The Kier molecular flexibility index (Phi) is 6.11. The van der Waals surface area contributed by atoms with Crippen LogP contribution in [0.1, 0.15) is 39.2 Å². The third-order valence-corrected chi connectivity index (χ3v) is 4.76. The molecule has 1 atom stereocenters. The van der Waals surface area contributed by atoms with Gasteiger partial charge in [-0.25, -0.2) is 18.4 Å². The lowest BCUT2D eigenvalue weighted by molar-refractivity contribution is -0.384.